The van der Waals surface area contributed by atoms with Gasteiger partial charge in [-0.25, -0.2) is 4.98 Å². The second-order valence-electron chi connectivity index (χ2n) is 7.36. The molecule has 8 nitrogen and oxygen atoms in total. The Morgan fingerprint density at radius 1 is 1.12 bits per heavy atom. The normalized spacial score (nSPS) is 10.7. The van der Waals surface area contributed by atoms with Crippen LogP contribution in [0.15, 0.2) is 47.6 Å². The van der Waals surface area contributed by atoms with Gasteiger partial charge in [0.05, 0.1) is 6.54 Å². The minimum atomic E-state index is -0.127. The maximum Gasteiger partial charge on any atom is 0.253 e. The third kappa shape index (κ3) is 9.63. The van der Waals surface area contributed by atoms with Crippen molar-refractivity contribution in [1.29, 1.82) is 0 Å². The lowest BCUT2D eigenvalue weighted by atomic mass is 10.1. The van der Waals surface area contributed by atoms with Gasteiger partial charge in [0.2, 0.25) is 5.91 Å². The first-order chi connectivity index (χ1) is 14.9. The predicted molar refractivity (Wildman–Crippen MR) is 140 cm³/mol. The second kappa shape index (κ2) is 14.4. The summed E-state index contributed by atoms with van der Waals surface area (Å²) in [6, 6.07) is 11.3. The number of aryl methyl sites for hydroxylation is 1. The van der Waals surface area contributed by atoms with Gasteiger partial charge in [-0.15, -0.1) is 24.0 Å². The average molecular weight is 552 g/mol. The highest BCUT2D eigenvalue weighted by Gasteiger charge is 2.08. The minimum Gasteiger partial charge on any atom is -0.357 e. The molecule has 0 bridgehead atoms. The van der Waals surface area contributed by atoms with Crippen LogP contribution in [0.4, 0.5) is 5.82 Å². The summed E-state index contributed by atoms with van der Waals surface area (Å²) in [5.41, 5.74) is 2.79. The molecule has 0 atom stereocenters. The highest BCUT2D eigenvalue weighted by atomic mass is 127. The number of guanidine groups is 1. The Labute approximate surface area is 207 Å². The number of anilines is 1. The Bertz CT molecular complexity index is 900. The Hall–Kier alpha value is -2.69. The van der Waals surface area contributed by atoms with Crippen LogP contribution in [0, 0.1) is 6.92 Å². The first-order valence-electron chi connectivity index (χ1n) is 10.4. The fourth-order valence-corrected chi connectivity index (χ4v) is 2.80. The van der Waals surface area contributed by atoms with Gasteiger partial charge in [-0.1, -0.05) is 18.2 Å². The lowest BCUT2D eigenvalue weighted by Gasteiger charge is -2.13. The zero-order valence-electron chi connectivity index (χ0n) is 19.1. The molecule has 32 heavy (non-hydrogen) atoms. The molecule has 0 saturated heterocycles. The fraction of sp³-hybridized carbons (Fsp3) is 0.391. The predicted octanol–water partition coefficient (Wildman–Crippen LogP) is 2.84. The average Bonchev–Trinajstić information content (AvgIpc) is 2.75. The SMILES string of the molecule is CCNC(=NCCC(=O)Nc1ccc(C)cn1)NCCc1cccc(C(=O)N(C)C)c1.I. The molecule has 1 aromatic carbocycles. The van der Waals surface area contributed by atoms with Crippen molar-refractivity contribution in [2.24, 2.45) is 4.99 Å². The largest absolute Gasteiger partial charge is 0.357 e. The summed E-state index contributed by atoms with van der Waals surface area (Å²) in [6.07, 6.45) is 2.73. The lowest BCUT2D eigenvalue weighted by Crippen LogP contribution is -2.38. The van der Waals surface area contributed by atoms with E-state index in [9.17, 15) is 9.59 Å². The van der Waals surface area contributed by atoms with Crippen molar-refractivity contribution in [2.75, 3.05) is 39.0 Å². The van der Waals surface area contributed by atoms with Gasteiger partial charge in [0.1, 0.15) is 5.82 Å². The molecule has 3 N–H and O–H groups in total. The molecule has 0 fully saturated rings. The number of rotatable bonds is 9. The van der Waals surface area contributed by atoms with Crippen LogP contribution in [0.5, 0.6) is 0 Å². The molecule has 0 aliphatic heterocycles. The Balaban J connectivity index is 0.00000512. The summed E-state index contributed by atoms with van der Waals surface area (Å²) in [5, 5.41) is 9.22. The van der Waals surface area contributed by atoms with Crippen molar-refractivity contribution in [1.82, 2.24) is 20.5 Å². The van der Waals surface area contributed by atoms with Gasteiger partial charge in [-0.05, 0) is 49.6 Å². The van der Waals surface area contributed by atoms with Gasteiger partial charge in [0, 0.05) is 45.4 Å². The van der Waals surface area contributed by atoms with Crippen LogP contribution in [0.25, 0.3) is 0 Å². The van der Waals surface area contributed by atoms with Gasteiger partial charge in [-0.2, -0.15) is 0 Å². The molecular formula is C23H33IN6O2. The summed E-state index contributed by atoms with van der Waals surface area (Å²) in [7, 11) is 3.49. The van der Waals surface area contributed by atoms with E-state index in [-0.39, 0.29) is 42.2 Å². The van der Waals surface area contributed by atoms with E-state index in [2.05, 4.69) is 25.9 Å². The Kier molecular flexibility index (Phi) is 12.3. The number of carbonyl (C=O) groups is 2. The van der Waals surface area contributed by atoms with Crippen LogP contribution in [0.3, 0.4) is 0 Å². The van der Waals surface area contributed by atoms with Gasteiger partial charge in [-0.3, -0.25) is 14.6 Å². The standard InChI is InChI=1S/C23H32N6O2.HI/c1-5-24-23(26-14-12-21(30)28-20-10-9-17(2)16-27-20)25-13-11-18-7-6-8-19(15-18)22(31)29(3)4;/h6-10,15-16H,5,11-14H2,1-4H3,(H2,24,25,26)(H,27,28,30);1H. The number of benzene rings is 1. The van der Waals surface area contributed by atoms with E-state index in [1.807, 2.05) is 44.2 Å². The molecule has 0 saturated carbocycles. The number of aliphatic imine (C=N–C) groups is 1. The molecule has 174 valence electrons. The molecule has 0 radical (unpaired) electrons. The lowest BCUT2D eigenvalue weighted by molar-refractivity contribution is -0.116. The van der Waals surface area contributed by atoms with Crippen molar-refractivity contribution in [3.8, 4) is 0 Å². The van der Waals surface area contributed by atoms with Crippen LogP contribution in [0.2, 0.25) is 0 Å². The number of aromatic nitrogens is 1. The van der Waals surface area contributed by atoms with Crippen molar-refractivity contribution in [2.45, 2.75) is 26.7 Å². The number of amides is 2. The third-order valence-corrected chi connectivity index (χ3v) is 4.42. The summed E-state index contributed by atoms with van der Waals surface area (Å²) >= 11 is 0. The van der Waals surface area contributed by atoms with E-state index in [1.165, 1.54) is 0 Å². The maximum absolute atomic E-state index is 12.1. The van der Waals surface area contributed by atoms with E-state index in [4.69, 9.17) is 0 Å². The highest BCUT2D eigenvalue weighted by Crippen LogP contribution is 2.08. The number of nitrogens with one attached hydrogen (secondary N) is 3. The van der Waals surface area contributed by atoms with E-state index >= 15 is 0 Å². The van der Waals surface area contributed by atoms with Gasteiger partial charge < -0.3 is 20.9 Å². The summed E-state index contributed by atoms with van der Waals surface area (Å²) < 4.78 is 0. The summed E-state index contributed by atoms with van der Waals surface area (Å²) in [6.45, 7) is 5.68. The number of nitrogens with zero attached hydrogens (tertiary/aromatic N) is 3. The number of pyridine rings is 1. The second-order valence-corrected chi connectivity index (χ2v) is 7.36. The van der Waals surface area contributed by atoms with Crippen molar-refractivity contribution in [3.05, 3.63) is 59.3 Å². The number of carbonyl (C=O) groups excluding carboxylic acids is 2. The number of hydrogen-bond acceptors (Lipinski definition) is 4. The van der Waals surface area contributed by atoms with E-state index in [0.717, 1.165) is 24.1 Å². The van der Waals surface area contributed by atoms with Gasteiger partial charge in [0.15, 0.2) is 5.96 Å². The van der Waals surface area contributed by atoms with E-state index in [1.54, 1.807) is 31.3 Å². The zero-order chi connectivity index (χ0) is 22.6. The van der Waals surface area contributed by atoms with Crippen LogP contribution in [-0.2, 0) is 11.2 Å². The van der Waals surface area contributed by atoms with Crippen molar-refractivity contribution in [3.63, 3.8) is 0 Å². The summed E-state index contributed by atoms with van der Waals surface area (Å²) in [5.74, 6) is 1.06. The fourth-order valence-electron chi connectivity index (χ4n) is 2.80. The number of halogens is 1. The zero-order valence-corrected chi connectivity index (χ0v) is 21.5. The third-order valence-electron chi connectivity index (χ3n) is 4.42. The quantitative estimate of drug-likeness (QED) is 0.253. The monoisotopic (exact) mass is 552 g/mol. The van der Waals surface area contributed by atoms with Crippen LogP contribution >= 0.6 is 24.0 Å². The Morgan fingerprint density at radius 3 is 2.56 bits per heavy atom. The molecular weight excluding hydrogens is 519 g/mol. The van der Waals surface area contributed by atoms with Gasteiger partial charge >= 0.3 is 0 Å². The van der Waals surface area contributed by atoms with E-state index < -0.39 is 0 Å². The van der Waals surface area contributed by atoms with Crippen LogP contribution < -0.4 is 16.0 Å². The highest BCUT2D eigenvalue weighted by molar-refractivity contribution is 14.0. The molecule has 2 aromatic rings. The summed E-state index contributed by atoms with van der Waals surface area (Å²) in [4.78, 5) is 34.4. The van der Waals surface area contributed by atoms with Gasteiger partial charge in [0.25, 0.3) is 5.91 Å². The molecule has 0 aliphatic rings. The molecule has 0 spiro atoms. The molecule has 0 unspecified atom stereocenters. The molecule has 9 heteroatoms. The van der Waals surface area contributed by atoms with Crippen LogP contribution in [0.1, 0.15) is 34.8 Å². The molecule has 1 heterocycles. The molecule has 2 rings (SSSR count). The van der Waals surface area contributed by atoms with Crippen molar-refractivity contribution >= 4 is 47.6 Å². The first kappa shape index (κ1) is 27.3. The first-order valence-corrected chi connectivity index (χ1v) is 10.4. The molecule has 2 amide bonds. The Morgan fingerprint density at radius 2 is 1.91 bits per heavy atom. The maximum atomic E-state index is 12.1. The molecule has 1 aromatic heterocycles. The molecule has 0 aliphatic carbocycles. The minimum absolute atomic E-state index is 0. The number of hydrogen-bond donors (Lipinski definition) is 3. The van der Waals surface area contributed by atoms with Crippen molar-refractivity contribution < 1.29 is 9.59 Å². The topological polar surface area (TPSA) is 98.7 Å². The van der Waals surface area contributed by atoms with Crippen LogP contribution in [-0.4, -0.2) is 61.4 Å². The smallest absolute Gasteiger partial charge is 0.253 e. The van der Waals surface area contributed by atoms with E-state index in [0.29, 0.717) is 30.4 Å².